The molecular weight excluding hydrogens is 500 g/mol. The van der Waals surface area contributed by atoms with Crippen molar-refractivity contribution in [2.45, 2.75) is 46.2 Å². The summed E-state index contributed by atoms with van der Waals surface area (Å²) in [5, 5.41) is 12.4. The van der Waals surface area contributed by atoms with Gasteiger partial charge in [-0.2, -0.15) is 41.3 Å². The van der Waals surface area contributed by atoms with Crippen molar-refractivity contribution in [3.8, 4) is 0 Å². The Morgan fingerprint density at radius 3 is 2.09 bits per heavy atom. The van der Waals surface area contributed by atoms with E-state index in [1.165, 1.54) is 43.4 Å². The fraction of sp³-hybridized carbons (Fsp3) is 0.219. The molecule has 1 nitrogen and oxygen atoms in total. The minimum atomic E-state index is 0.500. The second-order valence-corrected chi connectivity index (χ2v) is 9.02. The van der Waals surface area contributed by atoms with Crippen molar-refractivity contribution >= 4 is 37.3 Å². The van der Waals surface area contributed by atoms with E-state index in [4.69, 9.17) is 0 Å². The molecule has 0 heterocycles. The third kappa shape index (κ3) is 7.32. The maximum atomic E-state index is 4.59. The molecule has 1 aliphatic rings. The van der Waals surface area contributed by atoms with Gasteiger partial charge in [-0.05, 0) is 16.2 Å². The minimum absolute atomic E-state index is 0.500. The molecule has 5 aromatic carbocycles. The first kappa shape index (κ1) is 27.2. The molecule has 0 fully saturated rings. The molecule has 0 aliphatic heterocycles. The number of rotatable bonds is 2. The largest absolute Gasteiger partial charge is 0.189 e. The van der Waals surface area contributed by atoms with Crippen molar-refractivity contribution < 1.29 is 24.0 Å². The van der Waals surface area contributed by atoms with Crippen LogP contribution < -0.4 is 0 Å². The van der Waals surface area contributed by atoms with Gasteiger partial charge in [-0.1, -0.05) is 82.0 Å². The Balaban J connectivity index is 0.000000161. The Bertz CT molecular complexity index is 1360. The van der Waals surface area contributed by atoms with Gasteiger partial charge in [0, 0.05) is 0 Å². The Kier molecular flexibility index (Phi) is 10.6. The molecule has 0 spiro atoms. The van der Waals surface area contributed by atoms with Crippen LogP contribution in [0, 0.1) is 6.08 Å². The zero-order valence-corrected chi connectivity index (χ0v) is 23.6. The van der Waals surface area contributed by atoms with Crippen LogP contribution >= 0.6 is 0 Å². The number of fused-ring (bicyclic) bond motifs is 6. The molecule has 0 N–H and O–H groups in total. The average Bonchev–Trinajstić information content (AvgIpc) is 3.54. The first-order chi connectivity index (χ1) is 17.0. The van der Waals surface area contributed by atoms with Crippen LogP contribution in [-0.4, -0.2) is 17.0 Å². The van der Waals surface area contributed by atoms with Gasteiger partial charge >= 0.3 is 28.9 Å². The Morgan fingerprint density at radius 2 is 1.40 bits per heavy atom. The standard InChI is InChI=1S/C17H11.C9H7.C6H14N.B.Zr/c1-2-6-15-12(4-1)8-10-14-11-9-13-5-3-7-16(13)17(14)15;1-2-5-9-7-3-6-8(9)4-1;1-5(2)7-6(3)4;;/h1-4,6,8-11H,7H2;1-7H;5-6H,1-4H3;;/q3*-1;;. The predicted molar refractivity (Wildman–Crippen MR) is 151 cm³/mol. The van der Waals surface area contributed by atoms with Gasteiger partial charge in [0.1, 0.15) is 0 Å². The molecule has 0 unspecified atom stereocenters. The molecule has 1 aliphatic carbocycles. The van der Waals surface area contributed by atoms with Crippen LogP contribution in [0.1, 0.15) is 38.8 Å². The van der Waals surface area contributed by atoms with Crippen LogP contribution in [-0.2, 0) is 30.4 Å². The van der Waals surface area contributed by atoms with Gasteiger partial charge in [-0.25, -0.2) is 0 Å². The molecule has 1 radical (unpaired) electrons. The molecular formula is C32H32BNZr-3. The molecule has 3 heteroatoms. The normalized spacial score (nSPS) is 11.4. The fourth-order valence-electron chi connectivity index (χ4n) is 4.45. The van der Waals surface area contributed by atoms with E-state index >= 15 is 0 Å². The second kappa shape index (κ2) is 13.7. The van der Waals surface area contributed by atoms with Crippen molar-refractivity contribution in [2.75, 3.05) is 0 Å². The van der Waals surface area contributed by atoms with Crippen LogP contribution in [0.4, 0.5) is 0 Å². The molecule has 5 aromatic rings. The third-order valence-corrected chi connectivity index (χ3v) is 5.73. The van der Waals surface area contributed by atoms with Crippen molar-refractivity contribution in [1.82, 2.24) is 0 Å². The summed E-state index contributed by atoms with van der Waals surface area (Å²) in [5.74, 6) is 0. The summed E-state index contributed by atoms with van der Waals surface area (Å²) < 4.78 is 0. The summed E-state index contributed by atoms with van der Waals surface area (Å²) in [6, 6.07) is 33.1. The monoisotopic (exact) mass is 531 g/mol. The fourth-order valence-corrected chi connectivity index (χ4v) is 4.45. The maximum absolute atomic E-state index is 4.59. The van der Waals surface area contributed by atoms with E-state index < -0.39 is 0 Å². The molecule has 0 saturated carbocycles. The van der Waals surface area contributed by atoms with Gasteiger partial charge < -0.3 is 5.32 Å². The number of hydrogen-bond acceptors (Lipinski definition) is 0. The zero-order valence-electron chi connectivity index (χ0n) is 21.1. The number of hydrogen-bond donors (Lipinski definition) is 0. The predicted octanol–water partition coefficient (Wildman–Crippen LogP) is 8.61. The first-order valence-corrected chi connectivity index (χ1v) is 13.6. The smallest absolute Gasteiger partial charge is 0.0188 e. The van der Waals surface area contributed by atoms with Gasteiger partial charge in [0.15, 0.2) is 0 Å². The van der Waals surface area contributed by atoms with Crippen LogP contribution in [0.15, 0.2) is 97.1 Å². The average molecular weight is 533 g/mol. The second-order valence-electron chi connectivity index (χ2n) is 9.02. The van der Waals surface area contributed by atoms with E-state index in [9.17, 15) is 0 Å². The van der Waals surface area contributed by atoms with Crippen LogP contribution in [0.25, 0.3) is 37.6 Å². The van der Waals surface area contributed by atoms with E-state index in [2.05, 4.69) is 141 Å². The number of benzene rings is 4. The zero-order chi connectivity index (χ0) is 25.2. The number of allylic oxidation sites excluding steroid dienone is 1. The van der Waals surface area contributed by atoms with Crippen LogP contribution in [0.2, 0.25) is 0 Å². The van der Waals surface area contributed by atoms with Gasteiger partial charge in [0.25, 0.3) is 0 Å². The summed E-state index contributed by atoms with van der Waals surface area (Å²) in [4.78, 5) is 4.59. The molecule has 0 amide bonds. The van der Waals surface area contributed by atoms with E-state index in [1.54, 1.807) is 0 Å². The van der Waals surface area contributed by atoms with Gasteiger partial charge in [0.2, 0.25) is 0 Å². The van der Waals surface area contributed by atoms with Crippen molar-refractivity contribution in [3.63, 3.8) is 0 Å². The third-order valence-electron chi connectivity index (χ3n) is 5.73. The molecule has 0 saturated heterocycles. The van der Waals surface area contributed by atoms with Crippen molar-refractivity contribution in [3.05, 3.63) is 120 Å². The van der Waals surface area contributed by atoms with Gasteiger partial charge in [0.05, 0.1) is 0 Å². The molecule has 0 atom stereocenters. The molecule has 0 bridgehead atoms. The van der Waals surface area contributed by atoms with Gasteiger partial charge in [-0.15, -0.1) is 53.4 Å². The molecule has 6 rings (SSSR count). The summed E-state index contributed by atoms with van der Waals surface area (Å²) >= 11 is 1.05. The quantitative estimate of drug-likeness (QED) is 0.123. The summed E-state index contributed by atoms with van der Waals surface area (Å²) in [6.45, 7) is 8.39. The topological polar surface area (TPSA) is 14.1 Å². The first-order valence-electron chi connectivity index (χ1n) is 12.1. The van der Waals surface area contributed by atoms with Gasteiger partial charge in [-0.3, -0.25) is 0 Å². The summed E-state index contributed by atoms with van der Waals surface area (Å²) in [5.41, 5.74) is 2.69. The van der Waals surface area contributed by atoms with Crippen LogP contribution in [0.3, 0.4) is 0 Å². The summed E-state index contributed by atoms with van der Waals surface area (Å²) in [7, 11) is 0. The molecule has 0 aromatic heterocycles. The Morgan fingerprint density at radius 1 is 0.771 bits per heavy atom. The maximum Gasteiger partial charge on any atom is -0.0188 e. The Labute approximate surface area is 226 Å². The van der Waals surface area contributed by atoms with Crippen molar-refractivity contribution in [1.29, 1.82) is 0 Å². The van der Waals surface area contributed by atoms with E-state index in [-0.39, 0.29) is 0 Å². The van der Waals surface area contributed by atoms with E-state index in [0.717, 1.165) is 30.4 Å². The van der Waals surface area contributed by atoms with Crippen LogP contribution in [0.5, 0.6) is 0 Å². The number of nitrogens with zero attached hydrogens (tertiary/aromatic N) is 1. The Hall–Kier alpha value is -2.34. The molecule has 35 heavy (non-hydrogen) atoms. The summed E-state index contributed by atoms with van der Waals surface area (Å²) in [6.07, 6.45) is 6.48. The van der Waals surface area contributed by atoms with E-state index in [1.807, 2.05) is 0 Å². The van der Waals surface area contributed by atoms with E-state index in [0.29, 0.717) is 12.1 Å². The SMILES string of the molecule is CC(C)[N-]C(C)C.[B]=[Zr].[C-]1=CCc2c1ccc1ccc3ccccc3c21.c1ccc2[cH-]ccc2c1. The molecule has 175 valence electrons. The van der Waals surface area contributed by atoms with Crippen molar-refractivity contribution in [2.24, 2.45) is 0 Å². The minimum Gasteiger partial charge on any atom is -0.189 e.